The first kappa shape index (κ1) is 21.9. The van der Waals surface area contributed by atoms with E-state index in [4.69, 9.17) is 9.15 Å². The highest BCUT2D eigenvalue weighted by Gasteiger charge is 2.42. The van der Waals surface area contributed by atoms with Crippen LogP contribution in [-0.4, -0.2) is 22.4 Å². The minimum atomic E-state index is -0.579. The fourth-order valence-corrected chi connectivity index (χ4v) is 4.35. The Morgan fingerprint density at radius 3 is 2.62 bits per heavy atom. The van der Waals surface area contributed by atoms with Gasteiger partial charge in [0.15, 0.2) is 5.43 Å². The van der Waals surface area contributed by atoms with Crippen LogP contribution in [0.2, 0.25) is 0 Å². The standard InChI is InChI=1S/C28H26N2O4/c1-18(2)12-15-33-21-7-5-6-20(16-21)25-24-26(31)22-8-3-4-9-23(22)34-27(24)28(32)30(25)17-19-10-13-29-14-11-19/h3-11,13-14,16,18,25H,12,15,17H2,1-2H3. The Kier molecular flexibility index (Phi) is 5.88. The minimum Gasteiger partial charge on any atom is -0.494 e. The molecule has 0 saturated carbocycles. The maximum Gasteiger partial charge on any atom is 0.291 e. The molecule has 0 saturated heterocycles. The quantitative estimate of drug-likeness (QED) is 0.376. The molecule has 0 fully saturated rings. The number of para-hydroxylation sites is 1. The van der Waals surface area contributed by atoms with E-state index in [-0.39, 0.29) is 17.1 Å². The van der Waals surface area contributed by atoms with E-state index in [1.165, 1.54) is 0 Å². The molecular weight excluding hydrogens is 428 g/mol. The summed E-state index contributed by atoms with van der Waals surface area (Å²) in [5.74, 6) is 1.06. The van der Waals surface area contributed by atoms with E-state index in [0.717, 1.165) is 17.5 Å². The zero-order valence-corrected chi connectivity index (χ0v) is 19.2. The molecule has 6 heteroatoms. The molecular formula is C28H26N2O4. The highest BCUT2D eigenvalue weighted by atomic mass is 16.5. The van der Waals surface area contributed by atoms with Gasteiger partial charge in [0.1, 0.15) is 11.3 Å². The van der Waals surface area contributed by atoms with Gasteiger partial charge in [-0.25, -0.2) is 0 Å². The second-order valence-electron chi connectivity index (χ2n) is 8.96. The van der Waals surface area contributed by atoms with E-state index in [0.29, 0.717) is 41.4 Å². The molecule has 0 radical (unpaired) electrons. The highest BCUT2D eigenvalue weighted by Crippen LogP contribution is 2.40. The first-order valence-corrected chi connectivity index (χ1v) is 11.5. The lowest BCUT2D eigenvalue weighted by Crippen LogP contribution is -2.29. The van der Waals surface area contributed by atoms with Crippen molar-refractivity contribution in [3.05, 3.63) is 106 Å². The Morgan fingerprint density at radius 2 is 1.82 bits per heavy atom. The third-order valence-electron chi connectivity index (χ3n) is 6.11. The summed E-state index contributed by atoms with van der Waals surface area (Å²) in [6, 6.07) is 17.8. The molecule has 172 valence electrons. The molecule has 2 aromatic heterocycles. The molecule has 1 aliphatic heterocycles. The van der Waals surface area contributed by atoms with Crippen molar-refractivity contribution < 1.29 is 13.9 Å². The fourth-order valence-electron chi connectivity index (χ4n) is 4.35. The zero-order chi connectivity index (χ0) is 23.7. The molecule has 0 spiro atoms. The fraction of sp³-hybridized carbons (Fsp3) is 0.250. The smallest absolute Gasteiger partial charge is 0.291 e. The van der Waals surface area contributed by atoms with Crippen molar-refractivity contribution in [1.82, 2.24) is 9.88 Å². The van der Waals surface area contributed by atoms with Gasteiger partial charge in [-0.1, -0.05) is 38.1 Å². The lowest BCUT2D eigenvalue weighted by atomic mass is 9.98. The number of hydrogen-bond acceptors (Lipinski definition) is 5. The lowest BCUT2D eigenvalue weighted by molar-refractivity contribution is 0.0714. The number of benzene rings is 2. The van der Waals surface area contributed by atoms with Crippen LogP contribution in [-0.2, 0) is 6.54 Å². The molecule has 0 bridgehead atoms. The first-order chi connectivity index (χ1) is 16.5. The zero-order valence-electron chi connectivity index (χ0n) is 19.2. The lowest BCUT2D eigenvalue weighted by Gasteiger charge is -2.25. The van der Waals surface area contributed by atoms with Gasteiger partial charge in [-0.05, 0) is 59.9 Å². The van der Waals surface area contributed by atoms with Crippen molar-refractivity contribution in [2.45, 2.75) is 32.9 Å². The molecule has 1 amide bonds. The summed E-state index contributed by atoms with van der Waals surface area (Å²) >= 11 is 0. The second-order valence-corrected chi connectivity index (χ2v) is 8.96. The topological polar surface area (TPSA) is 72.6 Å². The van der Waals surface area contributed by atoms with Crippen LogP contribution in [0.15, 0.2) is 82.3 Å². The third-order valence-corrected chi connectivity index (χ3v) is 6.11. The SMILES string of the molecule is CC(C)CCOc1cccc(C2c3c(oc4ccccc4c3=O)C(=O)N2Cc2ccncc2)c1. The number of pyridine rings is 1. The Labute approximate surface area is 197 Å². The molecule has 1 aliphatic rings. The molecule has 0 N–H and O–H groups in total. The van der Waals surface area contributed by atoms with Crippen LogP contribution >= 0.6 is 0 Å². The number of nitrogens with zero attached hydrogens (tertiary/aromatic N) is 2. The second kappa shape index (κ2) is 9.14. The maximum absolute atomic E-state index is 13.6. The molecule has 1 unspecified atom stereocenters. The van der Waals surface area contributed by atoms with E-state index >= 15 is 0 Å². The van der Waals surface area contributed by atoms with E-state index in [9.17, 15) is 9.59 Å². The number of aromatic nitrogens is 1. The summed E-state index contributed by atoms with van der Waals surface area (Å²) < 4.78 is 12.0. The van der Waals surface area contributed by atoms with Crippen LogP contribution < -0.4 is 10.2 Å². The van der Waals surface area contributed by atoms with E-state index in [1.807, 2.05) is 36.4 Å². The van der Waals surface area contributed by atoms with Crippen LogP contribution in [0.3, 0.4) is 0 Å². The molecule has 0 aliphatic carbocycles. The summed E-state index contributed by atoms with van der Waals surface area (Å²) in [6.07, 6.45) is 4.33. The predicted octanol–water partition coefficient (Wildman–Crippen LogP) is 5.36. The van der Waals surface area contributed by atoms with Gasteiger partial charge in [0.25, 0.3) is 5.91 Å². The number of carbonyl (C=O) groups is 1. The van der Waals surface area contributed by atoms with Gasteiger partial charge in [0, 0.05) is 18.9 Å². The van der Waals surface area contributed by atoms with Crippen LogP contribution in [0.1, 0.15) is 53.6 Å². The maximum atomic E-state index is 13.6. The average molecular weight is 455 g/mol. The predicted molar refractivity (Wildman–Crippen MR) is 130 cm³/mol. The molecule has 3 heterocycles. The minimum absolute atomic E-state index is 0.105. The number of ether oxygens (including phenoxy) is 1. The Morgan fingerprint density at radius 1 is 1.03 bits per heavy atom. The molecule has 2 aromatic carbocycles. The summed E-state index contributed by atoms with van der Waals surface area (Å²) in [5, 5.41) is 0.467. The first-order valence-electron chi connectivity index (χ1n) is 11.5. The molecule has 6 nitrogen and oxygen atoms in total. The van der Waals surface area contributed by atoms with Crippen molar-refractivity contribution in [3.63, 3.8) is 0 Å². The third kappa shape index (κ3) is 4.07. The van der Waals surface area contributed by atoms with Crippen molar-refractivity contribution in [2.24, 2.45) is 5.92 Å². The number of hydrogen-bond donors (Lipinski definition) is 0. The van der Waals surface area contributed by atoms with Crippen LogP contribution in [0.4, 0.5) is 0 Å². The van der Waals surface area contributed by atoms with Crippen molar-refractivity contribution in [3.8, 4) is 5.75 Å². The highest BCUT2D eigenvalue weighted by molar-refractivity contribution is 5.99. The van der Waals surface area contributed by atoms with Crippen molar-refractivity contribution in [1.29, 1.82) is 0 Å². The summed E-state index contributed by atoms with van der Waals surface area (Å²) in [6.45, 7) is 5.24. The average Bonchev–Trinajstić information content (AvgIpc) is 3.11. The summed E-state index contributed by atoms with van der Waals surface area (Å²) in [5.41, 5.74) is 2.33. The number of amides is 1. The Balaban J connectivity index is 1.61. The Bertz CT molecular complexity index is 1390. The molecule has 1 atom stereocenters. The van der Waals surface area contributed by atoms with Gasteiger partial charge in [-0.3, -0.25) is 14.6 Å². The number of carbonyl (C=O) groups excluding carboxylic acids is 1. The number of rotatable bonds is 7. The molecule has 4 aromatic rings. The van der Waals surface area contributed by atoms with Gasteiger partial charge in [-0.2, -0.15) is 0 Å². The van der Waals surface area contributed by atoms with Crippen LogP contribution in [0.25, 0.3) is 11.0 Å². The van der Waals surface area contributed by atoms with Crippen molar-refractivity contribution >= 4 is 16.9 Å². The summed E-state index contributed by atoms with van der Waals surface area (Å²) in [4.78, 5) is 32.9. The monoisotopic (exact) mass is 454 g/mol. The number of fused-ring (bicyclic) bond motifs is 2. The van der Waals surface area contributed by atoms with E-state index in [2.05, 4.69) is 18.8 Å². The Hall–Kier alpha value is -3.93. The van der Waals surface area contributed by atoms with E-state index in [1.54, 1.807) is 41.6 Å². The molecule has 5 rings (SSSR count). The largest absolute Gasteiger partial charge is 0.494 e. The molecule has 34 heavy (non-hydrogen) atoms. The van der Waals surface area contributed by atoms with Gasteiger partial charge >= 0.3 is 0 Å². The summed E-state index contributed by atoms with van der Waals surface area (Å²) in [7, 11) is 0. The normalized spacial score (nSPS) is 15.2. The van der Waals surface area contributed by atoms with Gasteiger partial charge in [-0.15, -0.1) is 0 Å². The van der Waals surface area contributed by atoms with Crippen LogP contribution in [0.5, 0.6) is 5.75 Å². The van der Waals surface area contributed by atoms with Gasteiger partial charge in [0.05, 0.1) is 23.6 Å². The van der Waals surface area contributed by atoms with Gasteiger partial charge < -0.3 is 14.1 Å². The van der Waals surface area contributed by atoms with Gasteiger partial charge in [0.2, 0.25) is 5.76 Å². The van der Waals surface area contributed by atoms with E-state index < -0.39 is 6.04 Å². The van der Waals surface area contributed by atoms with Crippen LogP contribution in [0, 0.1) is 5.92 Å². The van der Waals surface area contributed by atoms with Crippen molar-refractivity contribution in [2.75, 3.05) is 6.61 Å².